The minimum atomic E-state index is 0.202. The third kappa shape index (κ3) is 1.70. The predicted molar refractivity (Wildman–Crippen MR) is 78.5 cm³/mol. The molecule has 0 aromatic carbocycles. The van der Waals surface area contributed by atoms with Crippen molar-refractivity contribution < 1.29 is 0 Å². The smallest absolute Gasteiger partial charge is 0.127 e. The number of hydrogen-bond donors (Lipinski definition) is 2. The van der Waals surface area contributed by atoms with E-state index in [0.29, 0.717) is 10.8 Å². The summed E-state index contributed by atoms with van der Waals surface area (Å²) in [6, 6.07) is 0.202. The minimum absolute atomic E-state index is 0.202. The van der Waals surface area contributed by atoms with Crippen LogP contribution in [0.4, 0.5) is 0 Å². The Kier molecular flexibility index (Phi) is 2.62. The molecule has 4 fully saturated rings. The second kappa shape index (κ2) is 4.08. The lowest BCUT2D eigenvalue weighted by atomic mass is 9.43. The highest BCUT2D eigenvalue weighted by atomic mass is 15.3. The van der Waals surface area contributed by atoms with Crippen molar-refractivity contribution >= 4 is 0 Å². The van der Waals surface area contributed by atoms with Crippen molar-refractivity contribution in [1.29, 1.82) is 0 Å². The van der Waals surface area contributed by atoms with Gasteiger partial charge in [-0.05, 0) is 61.2 Å². The molecule has 4 aliphatic rings. The van der Waals surface area contributed by atoms with E-state index in [1.807, 2.05) is 12.4 Å². The van der Waals surface area contributed by atoms with E-state index >= 15 is 0 Å². The number of aryl methyl sites for hydroxylation is 1. The van der Waals surface area contributed by atoms with E-state index in [1.165, 1.54) is 38.5 Å². The molecule has 4 bridgehead atoms. The maximum atomic E-state index is 5.99. The molecule has 1 aromatic heterocycles. The van der Waals surface area contributed by atoms with Crippen molar-refractivity contribution in [3.05, 3.63) is 18.2 Å². The number of nitrogens with two attached hydrogens (primary N) is 1. The summed E-state index contributed by atoms with van der Waals surface area (Å²) in [5.74, 6) is 8.93. The molecular weight excluding hydrogens is 248 g/mol. The Balaban J connectivity index is 1.74. The van der Waals surface area contributed by atoms with Crippen LogP contribution in [0, 0.1) is 22.7 Å². The van der Waals surface area contributed by atoms with Crippen LogP contribution in [-0.2, 0) is 7.05 Å². The van der Waals surface area contributed by atoms with E-state index in [2.05, 4.69) is 28.9 Å². The molecule has 1 heterocycles. The molecule has 3 atom stereocenters. The third-order valence-corrected chi connectivity index (χ3v) is 6.29. The summed E-state index contributed by atoms with van der Waals surface area (Å²) < 4.78 is 2.13. The van der Waals surface area contributed by atoms with Crippen LogP contribution in [0.15, 0.2) is 12.4 Å². The quantitative estimate of drug-likeness (QED) is 0.658. The maximum Gasteiger partial charge on any atom is 0.127 e. The molecule has 4 heteroatoms. The lowest BCUT2D eigenvalue weighted by Crippen LogP contribution is -2.56. The molecule has 5 rings (SSSR count). The molecule has 1 aromatic rings. The highest BCUT2D eigenvalue weighted by Crippen LogP contribution is 2.68. The Bertz CT molecular complexity index is 506. The molecule has 0 radical (unpaired) electrons. The van der Waals surface area contributed by atoms with Gasteiger partial charge < -0.3 is 4.57 Å². The van der Waals surface area contributed by atoms with Gasteiger partial charge in [0.15, 0.2) is 0 Å². The van der Waals surface area contributed by atoms with Crippen LogP contribution in [0.1, 0.15) is 57.3 Å². The number of nitrogens with one attached hydrogen (secondary N) is 1. The first-order chi connectivity index (χ1) is 9.54. The number of hydrogen-bond acceptors (Lipinski definition) is 3. The minimum Gasteiger partial charge on any atom is -0.337 e. The number of imidazole rings is 1. The van der Waals surface area contributed by atoms with Crippen LogP contribution >= 0.6 is 0 Å². The zero-order valence-corrected chi connectivity index (χ0v) is 12.6. The van der Waals surface area contributed by atoms with Gasteiger partial charge in [0, 0.05) is 19.4 Å². The number of nitrogens with zero attached hydrogens (tertiary/aromatic N) is 2. The fourth-order valence-corrected chi connectivity index (χ4v) is 6.32. The summed E-state index contributed by atoms with van der Waals surface area (Å²) in [5, 5.41) is 0. The van der Waals surface area contributed by atoms with Gasteiger partial charge in [-0.15, -0.1) is 0 Å². The average molecular weight is 274 g/mol. The van der Waals surface area contributed by atoms with Crippen molar-refractivity contribution in [2.45, 2.75) is 51.5 Å². The standard InChI is InChI=1S/C16H26N4/c1-15-6-11-5-12(7-15)9-16(8-11,10-15)13(19-17)14-18-3-4-20(14)2/h3-4,11-13,19H,5-10,17H2,1-2H3. The van der Waals surface area contributed by atoms with Crippen LogP contribution < -0.4 is 11.3 Å². The molecule has 110 valence electrons. The van der Waals surface area contributed by atoms with E-state index in [4.69, 9.17) is 5.84 Å². The molecule has 4 aliphatic carbocycles. The Morgan fingerprint density at radius 2 is 2.05 bits per heavy atom. The zero-order valence-electron chi connectivity index (χ0n) is 12.6. The molecule has 4 saturated carbocycles. The van der Waals surface area contributed by atoms with Gasteiger partial charge in [-0.1, -0.05) is 6.92 Å². The summed E-state index contributed by atoms with van der Waals surface area (Å²) in [5.41, 5.74) is 4.01. The van der Waals surface area contributed by atoms with Crippen molar-refractivity contribution in [1.82, 2.24) is 15.0 Å². The fourth-order valence-electron chi connectivity index (χ4n) is 6.32. The Morgan fingerprint density at radius 3 is 2.55 bits per heavy atom. The molecular formula is C16H26N4. The first-order valence-electron chi connectivity index (χ1n) is 7.97. The SMILES string of the molecule is Cn1ccnc1C(NN)C12CC3CC(CC(C)(C3)C1)C2. The van der Waals surface area contributed by atoms with Crippen molar-refractivity contribution in [3.63, 3.8) is 0 Å². The van der Waals surface area contributed by atoms with Gasteiger partial charge >= 0.3 is 0 Å². The van der Waals surface area contributed by atoms with Crippen LogP contribution in [0.25, 0.3) is 0 Å². The normalized spacial score (nSPS) is 44.0. The van der Waals surface area contributed by atoms with E-state index in [1.54, 1.807) is 0 Å². The molecule has 0 amide bonds. The van der Waals surface area contributed by atoms with Crippen molar-refractivity contribution in [2.75, 3.05) is 0 Å². The molecule has 0 saturated heterocycles. The van der Waals surface area contributed by atoms with E-state index in [-0.39, 0.29) is 6.04 Å². The molecule has 4 nitrogen and oxygen atoms in total. The van der Waals surface area contributed by atoms with Gasteiger partial charge in [0.05, 0.1) is 6.04 Å². The monoisotopic (exact) mass is 274 g/mol. The van der Waals surface area contributed by atoms with E-state index in [0.717, 1.165) is 17.7 Å². The topological polar surface area (TPSA) is 55.9 Å². The third-order valence-electron chi connectivity index (χ3n) is 6.29. The second-order valence-corrected chi connectivity index (χ2v) is 8.13. The summed E-state index contributed by atoms with van der Waals surface area (Å²) in [7, 11) is 2.08. The first kappa shape index (κ1) is 12.8. The number of aromatic nitrogens is 2. The fraction of sp³-hybridized carbons (Fsp3) is 0.812. The molecule has 20 heavy (non-hydrogen) atoms. The Hall–Kier alpha value is -0.870. The highest BCUT2D eigenvalue weighted by Gasteiger charge is 2.59. The second-order valence-electron chi connectivity index (χ2n) is 8.13. The zero-order chi connectivity index (χ0) is 14.0. The van der Waals surface area contributed by atoms with Crippen LogP contribution in [0.5, 0.6) is 0 Å². The van der Waals surface area contributed by atoms with E-state index in [9.17, 15) is 0 Å². The first-order valence-corrected chi connectivity index (χ1v) is 7.97. The van der Waals surface area contributed by atoms with Gasteiger partial charge in [0.25, 0.3) is 0 Å². The molecule has 3 unspecified atom stereocenters. The summed E-state index contributed by atoms with van der Waals surface area (Å²) in [4.78, 5) is 4.59. The number of rotatable bonds is 3. The molecule has 3 N–H and O–H groups in total. The Labute approximate surface area is 121 Å². The Morgan fingerprint density at radius 1 is 1.35 bits per heavy atom. The molecule has 0 spiro atoms. The van der Waals surface area contributed by atoms with Gasteiger partial charge in [-0.25, -0.2) is 10.4 Å². The van der Waals surface area contributed by atoms with Gasteiger partial charge in [-0.2, -0.15) is 0 Å². The summed E-state index contributed by atoms with van der Waals surface area (Å²) in [6.45, 7) is 2.51. The van der Waals surface area contributed by atoms with Gasteiger partial charge in [0.2, 0.25) is 0 Å². The van der Waals surface area contributed by atoms with Gasteiger partial charge in [0.1, 0.15) is 5.82 Å². The lowest BCUT2D eigenvalue weighted by molar-refractivity contribution is -0.120. The maximum absolute atomic E-state index is 5.99. The average Bonchev–Trinajstić information content (AvgIpc) is 2.73. The molecule has 0 aliphatic heterocycles. The van der Waals surface area contributed by atoms with Crippen LogP contribution in [-0.4, -0.2) is 9.55 Å². The summed E-state index contributed by atoms with van der Waals surface area (Å²) in [6.07, 6.45) is 12.2. The number of hydrazine groups is 1. The van der Waals surface area contributed by atoms with E-state index < -0.39 is 0 Å². The predicted octanol–water partition coefficient (Wildman–Crippen LogP) is 2.53. The lowest BCUT2D eigenvalue weighted by Gasteiger charge is -2.63. The summed E-state index contributed by atoms with van der Waals surface area (Å²) >= 11 is 0. The largest absolute Gasteiger partial charge is 0.337 e. The van der Waals surface area contributed by atoms with Crippen LogP contribution in [0.2, 0.25) is 0 Å². The van der Waals surface area contributed by atoms with Gasteiger partial charge in [-0.3, -0.25) is 5.84 Å². The highest BCUT2D eigenvalue weighted by molar-refractivity contribution is 5.14. The van der Waals surface area contributed by atoms with Crippen molar-refractivity contribution in [3.8, 4) is 0 Å². The van der Waals surface area contributed by atoms with Crippen LogP contribution in [0.3, 0.4) is 0 Å². The van der Waals surface area contributed by atoms with Crippen molar-refractivity contribution in [2.24, 2.45) is 35.6 Å².